The molecule has 21 heavy (non-hydrogen) atoms. The van der Waals surface area contributed by atoms with Crippen LogP contribution in [-0.4, -0.2) is 26.4 Å². The smallest absolute Gasteiger partial charge is 0.174 e. The summed E-state index contributed by atoms with van der Waals surface area (Å²) in [5, 5.41) is 12.1. The number of ether oxygens (including phenoxy) is 2. The standard InChI is InChI=1S/C17H24N2O2/c1-14(19-13-17(2)7-10-20-11-8-17)15-3-5-16(6-4-15)21-12-9-18/h3-6,14,19H,7-8,10-13H2,1-2H3. The number of rotatable bonds is 6. The quantitative estimate of drug-likeness (QED) is 0.874. The first-order valence-electron chi connectivity index (χ1n) is 7.54. The highest BCUT2D eigenvalue weighted by atomic mass is 16.5. The highest BCUT2D eigenvalue weighted by molar-refractivity contribution is 5.29. The van der Waals surface area contributed by atoms with E-state index in [2.05, 4.69) is 31.3 Å². The number of benzene rings is 1. The molecule has 4 heteroatoms. The third-order valence-corrected chi connectivity index (χ3v) is 4.22. The Bertz CT molecular complexity index is 473. The first kappa shape index (κ1) is 15.8. The topological polar surface area (TPSA) is 54.3 Å². The lowest BCUT2D eigenvalue weighted by Crippen LogP contribution is -2.37. The number of hydrogen-bond acceptors (Lipinski definition) is 4. The van der Waals surface area contributed by atoms with Crippen molar-refractivity contribution in [2.45, 2.75) is 32.7 Å². The summed E-state index contributed by atoms with van der Waals surface area (Å²) >= 11 is 0. The minimum atomic E-state index is 0.0908. The molecule has 0 radical (unpaired) electrons. The van der Waals surface area contributed by atoms with Crippen molar-refractivity contribution in [3.63, 3.8) is 0 Å². The molecule has 114 valence electrons. The molecule has 2 rings (SSSR count). The van der Waals surface area contributed by atoms with E-state index in [1.165, 1.54) is 5.56 Å². The van der Waals surface area contributed by atoms with E-state index in [1.54, 1.807) is 0 Å². The summed E-state index contributed by atoms with van der Waals surface area (Å²) in [4.78, 5) is 0. The Morgan fingerprint density at radius 3 is 2.62 bits per heavy atom. The van der Waals surface area contributed by atoms with Gasteiger partial charge in [0.05, 0.1) is 0 Å². The third kappa shape index (κ3) is 4.73. The second-order valence-electron chi connectivity index (χ2n) is 6.04. The van der Waals surface area contributed by atoms with E-state index >= 15 is 0 Å². The maximum atomic E-state index is 8.49. The van der Waals surface area contributed by atoms with Gasteiger partial charge in [-0.05, 0) is 42.9 Å². The van der Waals surface area contributed by atoms with Crippen molar-refractivity contribution in [1.29, 1.82) is 5.26 Å². The Balaban J connectivity index is 1.85. The van der Waals surface area contributed by atoms with Gasteiger partial charge in [0.15, 0.2) is 6.61 Å². The lowest BCUT2D eigenvalue weighted by molar-refractivity contribution is 0.0231. The summed E-state index contributed by atoms with van der Waals surface area (Å²) in [6, 6.07) is 10.2. The van der Waals surface area contributed by atoms with E-state index in [-0.39, 0.29) is 6.61 Å². The van der Waals surface area contributed by atoms with Gasteiger partial charge in [0.25, 0.3) is 0 Å². The Labute approximate surface area is 127 Å². The van der Waals surface area contributed by atoms with Gasteiger partial charge in [0.1, 0.15) is 11.8 Å². The zero-order valence-corrected chi connectivity index (χ0v) is 12.9. The van der Waals surface area contributed by atoms with Crippen molar-refractivity contribution in [2.75, 3.05) is 26.4 Å². The molecule has 0 aliphatic carbocycles. The van der Waals surface area contributed by atoms with E-state index < -0.39 is 0 Å². The molecule has 0 aromatic heterocycles. The number of nitriles is 1. The normalized spacial score (nSPS) is 18.7. The first-order chi connectivity index (χ1) is 10.1. The van der Waals surface area contributed by atoms with Crippen molar-refractivity contribution in [2.24, 2.45) is 5.41 Å². The molecule has 0 saturated carbocycles. The van der Waals surface area contributed by atoms with Crippen LogP contribution in [-0.2, 0) is 4.74 Å². The summed E-state index contributed by atoms with van der Waals surface area (Å²) in [7, 11) is 0. The first-order valence-corrected chi connectivity index (χ1v) is 7.54. The number of nitrogens with one attached hydrogen (secondary N) is 1. The second kappa shape index (κ2) is 7.44. The van der Waals surface area contributed by atoms with Gasteiger partial charge in [-0.25, -0.2) is 0 Å². The average molecular weight is 288 g/mol. The molecular weight excluding hydrogens is 264 g/mol. The molecule has 1 aromatic carbocycles. The van der Waals surface area contributed by atoms with Crippen LogP contribution in [0.15, 0.2) is 24.3 Å². The summed E-state index contributed by atoms with van der Waals surface area (Å²) in [5.74, 6) is 0.740. The van der Waals surface area contributed by atoms with E-state index in [1.807, 2.05) is 18.2 Å². The summed E-state index contributed by atoms with van der Waals surface area (Å²) in [6.07, 6.45) is 2.24. The van der Waals surface area contributed by atoms with Gasteiger partial charge in [0.2, 0.25) is 0 Å². The van der Waals surface area contributed by atoms with Gasteiger partial charge in [-0.2, -0.15) is 5.26 Å². The highest BCUT2D eigenvalue weighted by Gasteiger charge is 2.27. The molecule has 4 nitrogen and oxygen atoms in total. The number of nitrogens with zero attached hydrogens (tertiary/aromatic N) is 1. The number of hydrogen-bond donors (Lipinski definition) is 1. The van der Waals surface area contributed by atoms with Crippen LogP contribution in [0.5, 0.6) is 5.75 Å². The van der Waals surface area contributed by atoms with Crippen LogP contribution < -0.4 is 10.1 Å². The minimum absolute atomic E-state index is 0.0908. The van der Waals surface area contributed by atoms with Crippen LogP contribution in [0.1, 0.15) is 38.3 Å². The molecule has 1 N–H and O–H groups in total. The molecule has 1 saturated heterocycles. The fraction of sp³-hybridized carbons (Fsp3) is 0.588. The van der Waals surface area contributed by atoms with Crippen LogP contribution in [0.25, 0.3) is 0 Å². The van der Waals surface area contributed by atoms with Crippen LogP contribution in [0.3, 0.4) is 0 Å². The van der Waals surface area contributed by atoms with E-state index in [9.17, 15) is 0 Å². The Morgan fingerprint density at radius 2 is 2.00 bits per heavy atom. The summed E-state index contributed by atoms with van der Waals surface area (Å²) in [5.41, 5.74) is 1.57. The minimum Gasteiger partial charge on any atom is -0.479 e. The molecule has 0 bridgehead atoms. The largest absolute Gasteiger partial charge is 0.479 e. The van der Waals surface area contributed by atoms with Gasteiger partial charge in [0, 0.05) is 25.8 Å². The van der Waals surface area contributed by atoms with Crippen LogP contribution in [0.4, 0.5) is 0 Å². The monoisotopic (exact) mass is 288 g/mol. The van der Waals surface area contributed by atoms with Crippen molar-refractivity contribution in [3.05, 3.63) is 29.8 Å². The molecule has 1 aliphatic rings. The van der Waals surface area contributed by atoms with E-state index in [4.69, 9.17) is 14.7 Å². The molecule has 0 amide bonds. The maximum Gasteiger partial charge on any atom is 0.174 e. The third-order valence-electron chi connectivity index (χ3n) is 4.22. The highest BCUT2D eigenvalue weighted by Crippen LogP contribution is 2.29. The van der Waals surface area contributed by atoms with Crippen molar-refractivity contribution in [1.82, 2.24) is 5.32 Å². The van der Waals surface area contributed by atoms with Crippen molar-refractivity contribution in [3.8, 4) is 11.8 Å². The predicted molar refractivity (Wildman–Crippen MR) is 82.1 cm³/mol. The fourth-order valence-corrected chi connectivity index (χ4v) is 2.53. The van der Waals surface area contributed by atoms with E-state index in [0.717, 1.165) is 38.3 Å². The van der Waals surface area contributed by atoms with Crippen LogP contribution >= 0.6 is 0 Å². The molecule has 0 spiro atoms. The second-order valence-corrected chi connectivity index (χ2v) is 6.04. The SMILES string of the molecule is CC(NCC1(C)CCOCC1)c1ccc(OCC#N)cc1. The van der Waals surface area contributed by atoms with Crippen molar-refractivity contribution >= 4 is 0 Å². The zero-order valence-electron chi connectivity index (χ0n) is 12.9. The molecule has 1 aliphatic heterocycles. The maximum absolute atomic E-state index is 8.49. The Morgan fingerprint density at radius 1 is 1.33 bits per heavy atom. The Kier molecular flexibility index (Phi) is 5.60. The lowest BCUT2D eigenvalue weighted by atomic mass is 9.82. The average Bonchev–Trinajstić information content (AvgIpc) is 2.52. The molecule has 1 fully saturated rings. The predicted octanol–water partition coefficient (Wildman–Crippen LogP) is 3.06. The summed E-state index contributed by atoms with van der Waals surface area (Å²) in [6.45, 7) is 7.34. The zero-order chi connectivity index (χ0) is 15.1. The molecular formula is C17H24N2O2. The van der Waals surface area contributed by atoms with Gasteiger partial charge in [-0.15, -0.1) is 0 Å². The molecule has 1 unspecified atom stereocenters. The van der Waals surface area contributed by atoms with Gasteiger partial charge in [-0.1, -0.05) is 19.1 Å². The fourth-order valence-electron chi connectivity index (χ4n) is 2.53. The molecule has 1 heterocycles. The lowest BCUT2D eigenvalue weighted by Gasteiger charge is -2.34. The van der Waals surface area contributed by atoms with Gasteiger partial charge in [-0.3, -0.25) is 0 Å². The van der Waals surface area contributed by atoms with E-state index in [0.29, 0.717) is 11.5 Å². The summed E-state index contributed by atoms with van der Waals surface area (Å²) < 4.78 is 10.7. The van der Waals surface area contributed by atoms with Gasteiger partial charge >= 0.3 is 0 Å². The Hall–Kier alpha value is -1.57. The van der Waals surface area contributed by atoms with Crippen LogP contribution in [0, 0.1) is 16.7 Å². The molecule has 1 aromatic rings. The van der Waals surface area contributed by atoms with Gasteiger partial charge < -0.3 is 14.8 Å². The van der Waals surface area contributed by atoms with Crippen LogP contribution in [0.2, 0.25) is 0 Å². The molecule has 1 atom stereocenters. The van der Waals surface area contributed by atoms with Crippen molar-refractivity contribution < 1.29 is 9.47 Å².